The van der Waals surface area contributed by atoms with Crippen molar-refractivity contribution in [1.29, 1.82) is 0 Å². The van der Waals surface area contributed by atoms with Gasteiger partial charge in [0.05, 0.1) is 15.5 Å². The summed E-state index contributed by atoms with van der Waals surface area (Å²) in [6.45, 7) is 0. The summed E-state index contributed by atoms with van der Waals surface area (Å²) in [4.78, 5) is 0. The third-order valence-electron chi connectivity index (χ3n) is 1.31. The quantitative estimate of drug-likeness (QED) is 0.664. The lowest BCUT2D eigenvalue weighted by atomic mass is 10.3. The van der Waals surface area contributed by atoms with Crippen molar-refractivity contribution in [3.05, 3.63) is 27.3 Å². The van der Waals surface area contributed by atoms with E-state index in [1.54, 1.807) is 22.6 Å². The number of hydrogen-bond acceptors (Lipinski definition) is 2. The monoisotopic (exact) mass is 333 g/mol. The topological polar surface area (TPSA) is 46.2 Å². The highest BCUT2D eigenvalue weighted by molar-refractivity contribution is 14.1. The van der Waals surface area contributed by atoms with Gasteiger partial charge in [0.2, 0.25) is 10.0 Å². The van der Waals surface area contributed by atoms with Crippen LogP contribution in [0.3, 0.4) is 0 Å². The fraction of sp³-hybridized carbons (Fsp3) is 0.143. The molecule has 7 heteroatoms. The van der Waals surface area contributed by atoms with Crippen molar-refractivity contribution in [3.8, 4) is 0 Å². The molecule has 14 heavy (non-hydrogen) atoms. The lowest BCUT2D eigenvalue weighted by Gasteiger charge is -2.05. The Morgan fingerprint density at radius 2 is 1.86 bits per heavy atom. The molecule has 0 radical (unpaired) electrons. The molecule has 0 fully saturated rings. The van der Waals surface area contributed by atoms with Gasteiger partial charge in [-0.15, -0.1) is 0 Å². The molecular weight excluding hydrogens is 327 g/mol. The second-order valence-corrected chi connectivity index (χ2v) is 5.53. The Kier molecular flexibility index (Phi) is 3.30. The number of rotatable bonds is 2. The van der Waals surface area contributed by atoms with E-state index in [9.17, 15) is 17.2 Å². The van der Waals surface area contributed by atoms with Gasteiger partial charge in [-0.1, -0.05) is 0 Å². The maximum Gasteiger partial charge on any atom is 0.229 e. The molecule has 0 spiro atoms. The number of benzene rings is 1. The number of nitrogens with one attached hydrogen (secondary N) is 1. The molecule has 0 aliphatic heterocycles. The van der Waals surface area contributed by atoms with Crippen LogP contribution in [-0.2, 0) is 10.0 Å². The van der Waals surface area contributed by atoms with Crippen molar-refractivity contribution < 1.29 is 17.2 Å². The Labute approximate surface area is 93.7 Å². The molecule has 0 aliphatic rings. The van der Waals surface area contributed by atoms with Gasteiger partial charge >= 0.3 is 0 Å². The number of anilines is 1. The van der Waals surface area contributed by atoms with Crippen LogP contribution >= 0.6 is 22.6 Å². The smallest absolute Gasteiger partial charge is 0.229 e. The summed E-state index contributed by atoms with van der Waals surface area (Å²) in [5, 5.41) is 0. The predicted molar refractivity (Wildman–Crippen MR) is 57.5 cm³/mol. The van der Waals surface area contributed by atoms with Crippen LogP contribution in [-0.4, -0.2) is 14.7 Å². The second-order valence-electron chi connectivity index (χ2n) is 2.62. The van der Waals surface area contributed by atoms with Gasteiger partial charge in [-0.3, -0.25) is 4.72 Å². The molecule has 0 saturated heterocycles. The van der Waals surface area contributed by atoms with E-state index in [0.717, 1.165) is 18.4 Å². The van der Waals surface area contributed by atoms with Gasteiger partial charge in [-0.25, -0.2) is 17.2 Å². The van der Waals surface area contributed by atoms with Crippen LogP contribution in [0.25, 0.3) is 0 Å². The highest BCUT2D eigenvalue weighted by Gasteiger charge is 2.11. The highest BCUT2D eigenvalue weighted by atomic mass is 127. The van der Waals surface area contributed by atoms with Crippen molar-refractivity contribution in [2.24, 2.45) is 0 Å². The first-order chi connectivity index (χ1) is 6.29. The summed E-state index contributed by atoms with van der Waals surface area (Å²) in [5.41, 5.74) is -0.384. The van der Waals surface area contributed by atoms with Crippen molar-refractivity contribution in [1.82, 2.24) is 0 Å². The average Bonchev–Trinajstić information content (AvgIpc) is 1.97. The maximum atomic E-state index is 13.1. The summed E-state index contributed by atoms with van der Waals surface area (Å²) >= 11 is 1.61. The van der Waals surface area contributed by atoms with E-state index in [2.05, 4.69) is 0 Å². The third-order valence-corrected chi connectivity index (χ3v) is 2.72. The van der Waals surface area contributed by atoms with Crippen LogP contribution < -0.4 is 4.72 Å². The summed E-state index contributed by atoms with van der Waals surface area (Å²) in [6, 6.07) is 1.72. The molecular formula is C7H6F2INO2S. The Balaban J connectivity index is 3.17. The average molecular weight is 333 g/mol. The molecule has 0 atom stereocenters. The molecule has 1 rings (SSSR count). The summed E-state index contributed by atoms with van der Waals surface area (Å²) < 4.78 is 49.4. The Morgan fingerprint density at radius 3 is 2.36 bits per heavy atom. The number of sulfonamides is 1. The summed E-state index contributed by atoms with van der Waals surface area (Å²) in [6.07, 6.45) is 0.863. The van der Waals surface area contributed by atoms with Crippen LogP contribution in [0.4, 0.5) is 14.5 Å². The maximum absolute atomic E-state index is 13.1. The van der Waals surface area contributed by atoms with Gasteiger partial charge < -0.3 is 0 Å². The lowest BCUT2D eigenvalue weighted by molar-refractivity contribution is 0.593. The zero-order valence-corrected chi connectivity index (χ0v) is 9.99. The molecule has 0 aliphatic carbocycles. The van der Waals surface area contributed by atoms with Crippen molar-refractivity contribution in [3.63, 3.8) is 0 Å². The normalized spacial score (nSPS) is 11.4. The van der Waals surface area contributed by atoms with Crippen molar-refractivity contribution in [2.45, 2.75) is 0 Å². The molecule has 1 aromatic carbocycles. The van der Waals surface area contributed by atoms with Crippen molar-refractivity contribution >= 4 is 38.3 Å². The van der Waals surface area contributed by atoms with E-state index in [1.807, 2.05) is 4.72 Å². The SMILES string of the molecule is CS(=O)(=O)Nc1cc(F)c(I)cc1F. The number of halogens is 3. The molecule has 0 saturated carbocycles. The second kappa shape index (κ2) is 3.97. The summed E-state index contributed by atoms with van der Waals surface area (Å²) in [7, 11) is -3.59. The van der Waals surface area contributed by atoms with E-state index in [4.69, 9.17) is 0 Å². The first-order valence-corrected chi connectivity index (χ1v) is 6.39. The third kappa shape index (κ3) is 3.05. The van der Waals surface area contributed by atoms with Gasteiger partial charge in [-0.05, 0) is 28.7 Å². The molecule has 0 amide bonds. The Bertz CT molecular complexity index is 461. The lowest BCUT2D eigenvalue weighted by Crippen LogP contribution is -2.11. The minimum atomic E-state index is -3.59. The van der Waals surface area contributed by atoms with Gasteiger partial charge in [-0.2, -0.15) is 0 Å². The first-order valence-electron chi connectivity index (χ1n) is 3.42. The van der Waals surface area contributed by atoms with E-state index in [-0.39, 0.29) is 9.26 Å². The van der Waals surface area contributed by atoms with Crippen LogP contribution in [0.5, 0.6) is 0 Å². The molecule has 0 bridgehead atoms. The van der Waals surface area contributed by atoms with Gasteiger partial charge in [0.1, 0.15) is 11.6 Å². The fourth-order valence-corrected chi connectivity index (χ4v) is 1.79. The van der Waals surface area contributed by atoms with Gasteiger partial charge in [0.15, 0.2) is 0 Å². The van der Waals surface area contributed by atoms with E-state index >= 15 is 0 Å². The molecule has 78 valence electrons. The first kappa shape index (κ1) is 11.6. The molecule has 1 aromatic rings. The predicted octanol–water partition coefficient (Wildman–Crippen LogP) is 1.94. The molecule has 0 aromatic heterocycles. The van der Waals surface area contributed by atoms with Gasteiger partial charge in [0.25, 0.3) is 0 Å². The largest absolute Gasteiger partial charge is 0.281 e. The minimum absolute atomic E-state index is 0.0964. The minimum Gasteiger partial charge on any atom is -0.281 e. The molecule has 1 N–H and O–H groups in total. The molecule has 0 heterocycles. The van der Waals surface area contributed by atoms with Gasteiger partial charge in [0, 0.05) is 6.07 Å². The van der Waals surface area contributed by atoms with E-state index in [0.29, 0.717) is 0 Å². The van der Waals surface area contributed by atoms with E-state index < -0.39 is 21.7 Å². The van der Waals surface area contributed by atoms with Crippen LogP contribution in [0, 0.1) is 15.2 Å². The Morgan fingerprint density at radius 1 is 1.29 bits per heavy atom. The standard InChI is InChI=1S/C7H6F2INO2S/c1-14(12,13)11-7-3-4(8)6(10)2-5(7)9/h2-3,11H,1H3. The van der Waals surface area contributed by atoms with Crippen LogP contribution in [0.1, 0.15) is 0 Å². The Hall–Kier alpha value is -0.440. The van der Waals surface area contributed by atoms with Crippen LogP contribution in [0.2, 0.25) is 0 Å². The summed E-state index contributed by atoms with van der Waals surface area (Å²) in [5.74, 6) is -1.47. The van der Waals surface area contributed by atoms with E-state index in [1.165, 1.54) is 0 Å². The highest BCUT2D eigenvalue weighted by Crippen LogP contribution is 2.21. The molecule has 3 nitrogen and oxygen atoms in total. The molecule has 0 unspecified atom stereocenters. The zero-order valence-electron chi connectivity index (χ0n) is 7.01. The van der Waals surface area contributed by atoms with Crippen molar-refractivity contribution in [2.75, 3.05) is 11.0 Å². The van der Waals surface area contributed by atoms with Crippen LogP contribution in [0.15, 0.2) is 12.1 Å². The zero-order chi connectivity index (χ0) is 10.9. The fourth-order valence-electron chi connectivity index (χ4n) is 0.801. The number of hydrogen-bond donors (Lipinski definition) is 1.